The quantitative estimate of drug-likeness (QED) is 0.598. The molecule has 7 N–H and O–H groups in total. The highest BCUT2D eigenvalue weighted by Gasteiger charge is 2.23. The molecule has 0 aliphatic rings. The van der Waals surface area contributed by atoms with Crippen LogP contribution in [0.2, 0.25) is 0 Å². The van der Waals surface area contributed by atoms with E-state index in [1.54, 1.807) is 6.07 Å². The minimum absolute atomic E-state index is 0.539. The maximum atomic E-state index is 10.9. The molecule has 0 aliphatic heterocycles. The Balaban J connectivity index is 2.59. The van der Waals surface area contributed by atoms with Crippen LogP contribution in [0, 0.1) is 0 Å². The SMILES string of the molecule is Nc1cc(C(N)C(N)C(=O)O)c2ccccc2c1. The van der Waals surface area contributed by atoms with Crippen LogP contribution in [0.3, 0.4) is 0 Å². The Morgan fingerprint density at radius 1 is 1.17 bits per heavy atom. The van der Waals surface area contributed by atoms with Crippen molar-refractivity contribution in [2.24, 2.45) is 11.5 Å². The fourth-order valence-electron chi connectivity index (χ4n) is 1.99. The summed E-state index contributed by atoms with van der Waals surface area (Å²) in [6.07, 6.45) is 0. The number of carbonyl (C=O) groups is 1. The number of rotatable bonds is 3. The Morgan fingerprint density at radius 2 is 1.83 bits per heavy atom. The number of carboxylic acid groups (broad SMARTS) is 1. The molecule has 2 rings (SSSR count). The first-order chi connectivity index (χ1) is 8.50. The van der Waals surface area contributed by atoms with Crippen LogP contribution < -0.4 is 17.2 Å². The molecule has 2 unspecified atom stereocenters. The summed E-state index contributed by atoms with van der Waals surface area (Å²) in [6.45, 7) is 0. The summed E-state index contributed by atoms with van der Waals surface area (Å²) in [5, 5.41) is 10.7. The summed E-state index contributed by atoms with van der Waals surface area (Å²) in [5.41, 5.74) is 18.5. The predicted molar refractivity (Wildman–Crippen MR) is 70.9 cm³/mol. The van der Waals surface area contributed by atoms with Gasteiger partial charge >= 0.3 is 5.97 Å². The summed E-state index contributed by atoms with van der Waals surface area (Å²) < 4.78 is 0. The van der Waals surface area contributed by atoms with Gasteiger partial charge in [-0.1, -0.05) is 24.3 Å². The summed E-state index contributed by atoms with van der Waals surface area (Å²) in [5.74, 6) is -1.13. The molecule has 0 fully saturated rings. The van der Waals surface area contributed by atoms with E-state index in [4.69, 9.17) is 22.3 Å². The molecule has 18 heavy (non-hydrogen) atoms. The third-order valence-corrected chi connectivity index (χ3v) is 2.95. The van der Waals surface area contributed by atoms with Crippen molar-refractivity contribution in [3.05, 3.63) is 42.0 Å². The Bertz CT molecular complexity index is 598. The lowest BCUT2D eigenvalue weighted by Crippen LogP contribution is -2.40. The maximum Gasteiger partial charge on any atom is 0.322 e. The molecule has 2 aromatic carbocycles. The lowest BCUT2D eigenvalue weighted by atomic mass is 9.94. The predicted octanol–water partition coefficient (Wildman–Crippen LogP) is 0.834. The number of benzene rings is 2. The van der Waals surface area contributed by atoms with E-state index < -0.39 is 18.1 Å². The molecular weight excluding hydrogens is 230 g/mol. The van der Waals surface area contributed by atoms with Gasteiger partial charge in [0, 0.05) is 5.69 Å². The van der Waals surface area contributed by atoms with Crippen LogP contribution in [0.15, 0.2) is 36.4 Å². The molecule has 0 amide bonds. The first kappa shape index (κ1) is 12.3. The van der Waals surface area contributed by atoms with Gasteiger partial charge in [0.1, 0.15) is 6.04 Å². The number of nitrogens with two attached hydrogens (primary N) is 3. The highest BCUT2D eigenvalue weighted by atomic mass is 16.4. The van der Waals surface area contributed by atoms with Crippen molar-refractivity contribution in [3.63, 3.8) is 0 Å². The van der Waals surface area contributed by atoms with E-state index in [2.05, 4.69) is 0 Å². The number of anilines is 1. The van der Waals surface area contributed by atoms with E-state index >= 15 is 0 Å². The molecule has 0 saturated carbocycles. The van der Waals surface area contributed by atoms with E-state index in [-0.39, 0.29) is 0 Å². The van der Waals surface area contributed by atoms with Crippen LogP contribution in [0.4, 0.5) is 5.69 Å². The molecule has 0 spiro atoms. The first-order valence-electron chi connectivity index (χ1n) is 5.53. The van der Waals surface area contributed by atoms with Crippen LogP contribution in [0.5, 0.6) is 0 Å². The number of carboxylic acids is 1. The molecule has 0 bridgehead atoms. The zero-order valence-electron chi connectivity index (χ0n) is 9.71. The van der Waals surface area contributed by atoms with E-state index in [0.717, 1.165) is 10.8 Å². The van der Waals surface area contributed by atoms with Crippen LogP contribution in [-0.4, -0.2) is 17.1 Å². The summed E-state index contributed by atoms with van der Waals surface area (Å²) >= 11 is 0. The smallest absolute Gasteiger partial charge is 0.322 e. The van der Waals surface area contributed by atoms with Gasteiger partial charge in [-0.05, 0) is 28.5 Å². The van der Waals surface area contributed by atoms with Crippen molar-refractivity contribution >= 4 is 22.4 Å². The number of fused-ring (bicyclic) bond motifs is 1. The number of nitrogen functional groups attached to an aromatic ring is 1. The number of hydrogen-bond donors (Lipinski definition) is 4. The third-order valence-electron chi connectivity index (χ3n) is 2.95. The van der Waals surface area contributed by atoms with Crippen LogP contribution in [0.1, 0.15) is 11.6 Å². The molecular formula is C13H15N3O2. The Hall–Kier alpha value is -2.11. The highest BCUT2D eigenvalue weighted by Crippen LogP contribution is 2.27. The second-order valence-electron chi connectivity index (χ2n) is 4.22. The number of hydrogen-bond acceptors (Lipinski definition) is 4. The van der Waals surface area contributed by atoms with Crippen LogP contribution >= 0.6 is 0 Å². The molecule has 5 nitrogen and oxygen atoms in total. The molecule has 0 aromatic heterocycles. The van der Waals surface area contributed by atoms with Crippen molar-refractivity contribution in [2.75, 3.05) is 5.73 Å². The topological polar surface area (TPSA) is 115 Å². The lowest BCUT2D eigenvalue weighted by molar-refractivity contribution is -0.139. The average molecular weight is 245 g/mol. The van der Waals surface area contributed by atoms with Gasteiger partial charge in [-0.15, -0.1) is 0 Å². The maximum absolute atomic E-state index is 10.9. The minimum atomic E-state index is -1.16. The van der Waals surface area contributed by atoms with Crippen molar-refractivity contribution in [2.45, 2.75) is 12.1 Å². The average Bonchev–Trinajstić information content (AvgIpc) is 2.35. The van der Waals surface area contributed by atoms with Gasteiger partial charge in [0.05, 0.1) is 6.04 Å². The monoisotopic (exact) mass is 245 g/mol. The number of aliphatic carboxylic acids is 1. The highest BCUT2D eigenvalue weighted by molar-refractivity contribution is 5.90. The zero-order valence-corrected chi connectivity index (χ0v) is 9.71. The second kappa shape index (κ2) is 4.64. The van der Waals surface area contributed by atoms with Gasteiger partial charge < -0.3 is 22.3 Å². The molecule has 5 heteroatoms. The fourth-order valence-corrected chi connectivity index (χ4v) is 1.99. The second-order valence-corrected chi connectivity index (χ2v) is 4.22. The molecule has 94 valence electrons. The van der Waals surface area contributed by atoms with Crippen molar-refractivity contribution in [1.82, 2.24) is 0 Å². The lowest BCUT2D eigenvalue weighted by Gasteiger charge is -2.19. The van der Waals surface area contributed by atoms with E-state index in [1.807, 2.05) is 30.3 Å². The molecule has 2 atom stereocenters. The molecule has 0 heterocycles. The van der Waals surface area contributed by atoms with Gasteiger partial charge in [-0.2, -0.15) is 0 Å². The van der Waals surface area contributed by atoms with Gasteiger partial charge in [0.15, 0.2) is 0 Å². The van der Waals surface area contributed by atoms with Gasteiger partial charge in [0.2, 0.25) is 0 Å². The van der Waals surface area contributed by atoms with Crippen LogP contribution in [0.25, 0.3) is 10.8 Å². The Kier molecular flexibility index (Phi) is 3.18. The molecule has 2 aromatic rings. The summed E-state index contributed by atoms with van der Waals surface area (Å²) in [6, 6.07) is 9.06. The van der Waals surface area contributed by atoms with Crippen molar-refractivity contribution in [1.29, 1.82) is 0 Å². The normalized spacial score (nSPS) is 14.3. The first-order valence-corrected chi connectivity index (χ1v) is 5.53. The van der Waals surface area contributed by atoms with Gasteiger partial charge in [-0.25, -0.2) is 0 Å². The molecule has 0 saturated heterocycles. The van der Waals surface area contributed by atoms with E-state index in [1.165, 1.54) is 0 Å². The van der Waals surface area contributed by atoms with Crippen LogP contribution in [-0.2, 0) is 4.79 Å². The van der Waals surface area contributed by atoms with E-state index in [9.17, 15) is 4.79 Å². The molecule has 0 radical (unpaired) electrons. The Morgan fingerprint density at radius 3 is 2.50 bits per heavy atom. The third kappa shape index (κ3) is 2.13. The van der Waals surface area contributed by atoms with E-state index in [0.29, 0.717) is 11.3 Å². The van der Waals surface area contributed by atoms with Crippen molar-refractivity contribution < 1.29 is 9.90 Å². The largest absolute Gasteiger partial charge is 0.480 e. The summed E-state index contributed by atoms with van der Waals surface area (Å²) in [4.78, 5) is 10.9. The van der Waals surface area contributed by atoms with Crippen molar-refractivity contribution in [3.8, 4) is 0 Å². The Labute approximate surface area is 104 Å². The zero-order chi connectivity index (χ0) is 13.3. The standard InChI is InChI=1S/C13H15N3O2/c14-8-5-7-3-1-2-4-9(7)10(6-8)11(15)12(16)13(17)18/h1-6,11-12H,14-16H2,(H,17,18). The van der Waals surface area contributed by atoms with Gasteiger partial charge in [-0.3, -0.25) is 4.79 Å². The van der Waals surface area contributed by atoms with Gasteiger partial charge in [0.25, 0.3) is 0 Å². The molecule has 0 aliphatic carbocycles. The minimum Gasteiger partial charge on any atom is -0.480 e. The summed E-state index contributed by atoms with van der Waals surface area (Å²) in [7, 11) is 0. The fraction of sp³-hybridized carbons (Fsp3) is 0.154.